The zero-order valence-electron chi connectivity index (χ0n) is 9.11. The molecule has 2 rings (SSSR count). The number of ketones is 1. The van der Waals surface area contributed by atoms with Crippen LogP contribution in [-0.2, 0) is 0 Å². The van der Waals surface area contributed by atoms with Gasteiger partial charge >= 0.3 is 0 Å². The van der Waals surface area contributed by atoms with Gasteiger partial charge in [0, 0.05) is 23.5 Å². The quantitative estimate of drug-likeness (QED) is 0.782. The fourth-order valence-corrected chi connectivity index (χ4v) is 1.52. The van der Waals surface area contributed by atoms with Crippen LogP contribution in [0.3, 0.4) is 0 Å². The van der Waals surface area contributed by atoms with Crippen molar-refractivity contribution in [2.75, 3.05) is 0 Å². The molecule has 0 bridgehead atoms. The van der Waals surface area contributed by atoms with Gasteiger partial charge in [-0.05, 0) is 30.3 Å². The SMILES string of the molecule is O=C(c1cccnc1)c1ccc(F)c(C(F)F)c1. The predicted molar refractivity (Wildman–Crippen MR) is 59.0 cm³/mol. The maximum Gasteiger partial charge on any atom is 0.266 e. The third-order valence-corrected chi connectivity index (χ3v) is 2.42. The number of halogens is 3. The Balaban J connectivity index is 2.41. The minimum absolute atomic E-state index is 0.0136. The molecule has 0 atom stereocenters. The van der Waals surface area contributed by atoms with Gasteiger partial charge in [-0.15, -0.1) is 0 Å². The van der Waals surface area contributed by atoms with Crippen LogP contribution in [0.4, 0.5) is 13.2 Å². The van der Waals surface area contributed by atoms with Crippen LogP contribution in [-0.4, -0.2) is 10.8 Å². The molecule has 1 heterocycles. The van der Waals surface area contributed by atoms with Gasteiger partial charge in [0.1, 0.15) is 5.82 Å². The molecular weight excluding hydrogens is 243 g/mol. The number of benzene rings is 1. The zero-order valence-corrected chi connectivity index (χ0v) is 9.11. The second kappa shape index (κ2) is 5.00. The highest BCUT2D eigenvalue weighted by Crippen LogP contribution is 2.24. The van der Waals surface area contributed by atoms with Crippen LogP contribution in [0.25, 0.3) is 0 Å². The zero-order chi connectivity index (χ0) is 13.1. The lowest BCUT2D eigenvalue weighted by Gasteiger charge is -2.05. The minimum atomic E-state index is -2.95. The van der Waals surface area contributed by atoms with Crippen LogP contribution < -0.4 is 0 Å². The van der Waals surface area contributed by atoms with Crippen molar-refractivity contribution in [3.63, 3.8) is 0 Å². The van der Waals surface area contributed by atoms with Crippen LogP contribution in [0.15, 0.2) is 42.7 Å². The summed E-state index contributed by atoms with van der Waals surface area (Å²) in [5.74, 6) is -1.49. The molecule has 0 N–H and O–H groups in total. The topological polar surface area (TPSA) is 30.0 Å². The van der Waals surface area contributed by atoms with Gasteiger partial charge in [0.05, 0.1) is 5.56 Å². The van der Waals surface area contributed by atoms with Crippen LogP contribution in [0.1, 0.15) is 27.9 Å². The Kier molecular flexibility index (Phi) is 3.41. The van der Waals surface area contributed by atoms with E-state index in [2.05, 4.69) is 4.98 Å². The molecule has 2 aromatic rings. The molecule has 0 aliphatic rings. The molecule has 5 heteroatoms. The van der Waals surface area contributed by atoms with E-state index in [0.717, 1.165) is 12.1 Å². The average Bonchev–Trinajstić information content (AvgIpc) is 2.39. The molecule has 0 aliphatic heterocycles. The van der Waals surface area contributed by atoms with Crippen LogP contribution in [0.5, 0.6) is 0 Å². The third-order valence-electron chi connectivity index (χ3n) is 2.42. The van der Waals surface area contributed by atoms with Crippen LogP contribution >= 0.6 is 0 Å². The van der Waals surface area contributed by atoms with E-state index in [4.69, 9.17) is 0 Å². The minimum Gasteiger partial charge on any atom is -0.289 e. The van der Waals surface area contributed by atoms with Crippen molar-refractivity contribution >= 4 is 5.78 Å². The van der Waals surface area contributed by atoms with E-state index in [0.29, 0.717) is 0 Å². The van der Waals surface area contributed by atoms with Gasteiger partial charge in [0.15, 0.2) is 5.78 Å². The van der Waals surface area contributed by atoms with Crippen molar-refractivity contribution < 1.29 is 18.0 Å². The van der Waals surface area contributed by atoms with Gasteiger partial charge in [-0.25, -0.2) is 13.2 Å². The molecule has 2 nitrogen and oxygen atoms in total. The Morgan fingerprint density at radius 2 is 1.94 bits per heavy atom. The molecule has 0 saturated heterocycles. The average molecular weight is 251 g/mol. The van der Waals surface area contributed by atoms with Crippen molar-refractivity contribution in [1.29, 1.82) is 0 Å². The number of hydrogen-bond acceptors (Lipinski definition) is 2. The second-order valence-electron chi connectivity index (χ2n) is 3.61. The molecule has 1 aromatic carbocycles. The highest BCUT2D eigenvalue weighted by molar-refractivity contribution is 6.08. The number of alkyl halides is 2. The van der Waals surface area contributed by atoms with Crippen LogP contribution in [0.2, 0.25) is 0 Å². The fraction of sp³-hybridized carbons (Fsp3) is 0.0769. The summed E-state index contributed by atoms with van der Waals surface area (Å²) in [6, 6.07) is 5.99. The van der Waals surface area contributed by atoms with Gasteiger partial charge in [0.2, 0.25) is 0 Å². The Morgan fingerprint density at radius 3 is 2.56 bits per heavy atom. The van der Waals surface area contributed by atoms with Crippen molar-refractivity contribution in [3.8, 4) is 0 Å². The first-order valence-electron chi connectivity index (χ1n) is 5.12. The Bertz CT molecular complexity index is 570. The summed E-state index contributed by atoms with van der Waals surface area (Å²) in [6.07, 6.45) is -0.133. The van der Waals surface area contributed by atoms with Crippen molar-refractivity contribution in [1.82, 2.24) is 4.98 Å². The maximum absolute atomic E-state index is 13.1. The third kappa shape index (κ3) is 2.40. The van der Waals surface area contributed by atoms with E-state index in [1.165, 1.54) is 24.5 Å². The summed E-state index contributed by atoms with van der Waals surface area (Å²) in [5, 5.41) is 0. The summed E-state index contributed by atoms with van der Waals surface area (Å²) in [7, 11) is 0. The summed E-state index contributed by atoms with van der Waals surface area (Å²) in [6.45, 7) is 0. The number of carbonyl (C=O) groups is 1. The summed E-state index contributed by atoms with van der Waals surface area (Å²) in [5.41, 5.74) is -0.492. The lowest BCUT2D eigenvalue weighted by molar-refractivity contribution is 0.103. The molecular formula is C13H8F3NO. The largest absolute Gasteiger partial charge is 0.289 e. The lowest BCUT2D eigenvalue weighted by atomic mass is 10.0. The Hall–Kier alpha value is -2.17. The van der Waals surface area contributed by atoms with Crippen molar-refractivity contribution in [2.45, 2.75) is 6.43 Å². The van der Waals surface area contributed by atoms with Crippen molar-refractivity contribution in [3.05, 3.63) is 65.2 Å². The molecule has 0 saturated carbocycles. The van der Waals surface area contributed by atoms with Gasteiger partial charge in [0.25, 0.3) is 6.43 Å². The number of pyridine rings is 1. The lowest BCUT2D eigenvalue weighted by Crippen LogP contribution is -2.03. The smallest absolute Gasteiger partial charge is 0.266 e. The summed E-state index contributed by atoms with van der Waals surface area (Å²) in [4.78, 5) is 15.7. The molecule has 0 spiro atoms. The molecule has 0 radical (unpaired) electrons. The van der Waals surface area contributed by atoms with Crippen LogP contribution in [0, 0.1) is 5.82 Å². The summed E-state index contributed by atoms with van der Waals surface area (Å²) < 4.78 is 38.1. The first-order valence-corrected chi connectivity index (χ1v) is 5.12. The van der Waals surface area contributed by atoms with E-state index in [1.54, 1.807) is 6.07 Å². The van der Waals surface area contributed by atoms with E-state index in [9.17, 15) is 18.0 Å². The highest BCUT2D eigenvalue weighted by Gasteiger charge is 2.17. The number of aromatic nitrogens is 1. The number of hydrogen-bond donors (Lipinski definition) is 0. The van der Waals surface area contributed by atoms with E-state index >= 15 is 0 Å². The highest BCUT2D eigenvalue weighted by atomic mass is 19.3. The monoisotopic (exact) mass is 251 g/mol. The number of rotatable bonds is 3. The Morgan fingerprint density at radius 1 is 1.17 bits per heavy atom. The molecule has 0 amide bonds. The van der Waals surface area contributed by atoms with Gasteiger partial charge < -0.3 is 0 Å². The molecule has 0 fully saturated rings. The second-order valence-corrected chi connectivity index (χ2v) is 3.61. The molecule has 92 valence electrons. The molecule has 1 aromatic heterocycles. The van der Waals surface area contributed by atoms with Gasteiger partial charge in [-0.2, -0.15) is 0 Å². The van der Waals surface area contributed by atoms with Gasteiger partial charge in [-0.3, -0.25) is 9.78 Å². The van der Waals surface area contributed by atoms with Crippen molar-refractivity contribution in [2.24, 2.45) is 0 Å². The molecule has 0 aliphatic carbocycles. The molecule has 18 heavy (non-hydrogen) atoms. The van der Waals surface area contributed by atoms with E-state index in [-0.39, 0.29) is 11.1 Å². The summed E-state index contributed by atoms with van der Waals surface area (Å²) >= 11 is 0. The normalized spacial score (nSPS) is 10.7. The number of carbonyl (C=O) groups excluding carboxylic acids is 1. The Labute approximate surface area is 101 Å². The maximum atomic E-state index is 13.1. The van der Waals surface area contributed by atoms with E-state index < -0.39 is 23.6 Å². The fourth-order valence-electron chi connectivity index (χ4n) is 1.52. The first-order chi connectivity index (χ1) is 8.59. The number of nitrogens with zero attached hydrogens (tertiary/aromatic N) is 1. The standard InChI is InChI=1S/C13H8F3NO/c14-11-4-3-8(6-10(11)13(15)16)12(18)9-2-1-5-17-7-9/h1-7,13H. The van der Waals surface area contributed by atoms with Gasteiger partial charge in [-0.1, -0.05) is 0 Å². The first kappa shape index (κ1) is 12.3. The molecule has 0 unspecified atom stereocenters. The predicted octanol–water partition coefficient (Wildman–Crippen LogP) is 3.39. The van der Waals surface area contributed by atoms with E-state index in [1.807, 2.05) is 0 Å².